The second-order valence-corrected chi connectivity index (χ2v) is 9.90. The van der Waals surface area contributed by atoms with E-state index in [9.17, 15) is 29.7 Å². The summed E-state index contributed by atoms with van der Waals surface area (Å²) < 4.78 is 0. The molecule has 0 amide bonds. The smallest absolute Gasteiger partial charge is 0.550 e. The van der Waals surface area contributed by atoms with Gasteiger partial charge in [-0.3, -0.25) is 0 Å². The maximum atomic E-state index is 10.6. The van der Waals surface area contributed by atoms with Gasteiger partial charge in [0.05, 0.1) is 0 Å². The molecule has 6 nitrogen and oxygen atoms in total. The molecule has 0 aliphatic carbocycles. The van der Waals surface area contributed by atoms with E-state index >= 15 is 0 Å². The average molecular weight is 566 g/mol. The van der Waals surface area contributed by atoms with Crippen LogP contribution in [-0.4, -0.2) is 17.9 Å². The number of rotatable bonds is 21. The van der Waals surface area contributed by atoms with Crippen LogP contribution in [0.25, 0.3) is 0 Å². The fourth-order valence-electron chi connectivity index (χ4n) is 4.11. The van der Waals surface area contributed by atoms with E-state index in [1.54, 1.807) is 0 Å². The van der Waals surface area contributed by atoms with Gasteiger partial charge in [-0.2, -0.15) is 0 Å². The van der Waals surface area contributed by atoms with Crippen LogP contribution in [0.3, 0.4) is 0 Å². The monoisotopic (exact) mass is 565 g/mol. The summed E-state index contributed by atoms with van der Waals surface area (Å²) in [6.45, 7) is 12.4. The van der Waals surface area contributed by atoms with E-state index in [2.05, 4.69) is 20.8 Å². The molecule has 1 radical (unpaired) electrons. The molecule has 0 fully saturated rings. The van der Waals surface area contributed by atoms with Crippen molar-refractivity contribution in [3.05, 3.63) is 0 Å². The summed E-state index contributed by atoms with van der Waals surface area (Å²) in [5, 5.41) is 31.7. The van der Waals surface area contributed by atoms with Gasteiger partial charge in [-0.25, -0.2) is 0 Å². The van der Waals surface area contributed by atoms with Crippen molar-refractivity contribution >= 4 is 17.9 Å². The normalized spacial score (nSPS) is 12.5. The minimum absolute atomic E-state index is 0. The Labute approximate surface area is 239 Å². The van der Waals surface area contributed by atoms with Gasteiger partial charge in [-0.05, 0) is 56.3 Å². The van der Waals surface area contributed by atoms with Gasteiger partial charge in [0.2, 0.25) is 0 Å². The Bertz CT molecular complexity index is 441. The third kappa shape index (κ3) is 31.1. The number of hydrogen-bond donors (Lipinski definition) is 0. The van der Waals surface area contributed by atoms with Crippen molar-refractivity contribution in [2.24, 2.45) is 17.8 Å². The molecule has 0 saturated carbocycles. The molecule has 0 heterocycles. The number of hydrogen-bond acceptors (Lipinski definition) is 6. The third-order valence-electron chi connectivity index (χ3n) is 6.38. The summed E-state index contributed by atoms with van der Waals surface area (Å²) in [5.74, 6) is -3.22. The van der Waals surface area contributed by atoms with Crippen molar-refractivity contribution in [2.45, 2.75) is 157 Å². The largest absolute Gasteiger partial charge is 3.00 e. The first-order chi connectivity index (χ1) is 17.2. The van der Waals surface area contributed by atoms with Gasteiger partial charge in [-0.15, -0.1) is 0 Å². The van der Waals surface area contributed by atoms with E-state index in [-0.39, 0.29) is 35.1 Å². The summed E-state index contributed by atoms with van der Waals surface area (Å²) in [7, 11) is 0. The Kier molecular flexibility index (Phi) is 38.3. The molecule has 0 aromatic heterocycles. The van der Waals surface area contributed by atoms with E-state index in [0.29, 0.717) is 0 Å². The first-order valence-corrected chi connectivity index (χ1v) is 14.8. The molecule has 3 atom stereocenters. The van der Waals surface area contributed by atoms with Crippen LogP contribution in [-0.2, 0) is 31.7 Å². The van der Waals surface area contributed by atoms with Crippen LogP contribution in [0.15, 0.2) is 0 Å². The molecule has 0 aromatic rings. The average Bonchev–Trinajstić information content (AvgIpc) is 2.83. The molecular formula is C30H57CrO6. The molecule has 0 rings (SSSR count). The number of unbranched alkanes of at least 4 members (excludes halogenated alkanes) is 6. The van der Waals surface area contributed by atoms with Crippen LogP contribution >= 0.6 is 0 Å². The number of carbonyl (C=O) groups is 3. The number of carboxylic acids is 3. The summed E-state index contributed by atoms with van der Waals surface area (Å²) >= 11 is 0. The van der Waals surface area contributed by atoms with E-state index in [1.165, 1.54) is 0 Å². The first-order valence-electron chi connectivity index (χ1n) is 14.8. The number of carbonyl (C=O) groups excluding carboxylic acids is 3. The van der Waals surface area contributed by atoms with Crippen molar-refractivity contribution in [1.82, 2.24) is 0 Å². The number of carboxylic acid groups (broad SMARTS) is 3. The van der Waals surface area contributed by atoms with Crippen LogP contribution in [0, 0.1) is 17.8 Å². The maximum Gasteiger partial charge on any atom is 3.00 e. The standard InChI is InChI=1S/3C10H20O2.Cr/c3*1-3-5-6-8-9(7-4-2)10(11)12;/h3*9H,3-8H2,1-2H3,(H,11,12);/q;;;+3/p-3. The Morgan fingerprint density at radius 2 is 0.622 bits per heavy atom. The van der Waals surface area contributed by atoms with Crippen molar-refractivity contribution in [3.63, 3.8) is 0 Å². The van der Waals surface area contributed by atoms with E-state index in [0.717, 1.165) is 116 Å². The topological polar surface area (TPSA) is 120 Å². The SMILES string of the molecule is CCCCCC(CCC)C(=O)[O-].CCCCCC(CCC)C(=O)[O-].CCCCCC(CCC)C(=O)[O-].[Cr+3]. The second-order valence-electron chi connectivity index (χ2n) is 9.90. The molecule has 0 aliphatic heterocycles. The second kappa shape index (κ2) is 33.0. The van der Waals surface area contributed by atoms with Gasteiger partial charge in [0.25, 0.3) is 0 Å². The summed E-state index contributed by atoms with van der Waals surface area (Å²) in [4.78, 5) is 31.7. The minimum Gasteiger partial charge on any atom is -0.550 e. The Balaban J connectivity index is -0.000000218. The quantitative estimate of drug-likeness (QED) is 0.177. The summed E-state index contributed by atoms with van der Waals surface area (Å²) in [6, 6.07) is 0. The van der Waals surface area contributed by atoms with Gasteiger partial charge in [0, 0.05) is 17.9 Å². The predicted octanol–water partition coefficient (Wildman–Crippen LogP) is 5.20. The molecular weight excluding hydrogens is 508 g/mol. The zero-order valence-corrected chi connectivity index (χ0v) is 26.1. The third-order valence-corrected chi connectivity index (χ3v) is 6.38. The van der Waals surface area contributed by atoms with Gasteiger partial charge < -0.3 is 29.7 Å². The van der Waals surface area contributed by atoms with Crippen LogP contribution in [0.1, 0.15) is 157 Å². The van der Waals surface area contributed by atoms with Gasteiger partial charge in [-0.1, -0.05) is 119 Å². The number of aliphatic carboxylic acids is 3. The van der Waals surface area contributed by atoms with Gasteiger partial charge >= 0.3 is 17.4 Å². The molecule has 0 N–H and O–H groups in total. The molecule has 219 valence electrons. The van der Waals surface area contributed by atoms with Crippen LogP contribution in [0.4, 0.5) is 0 Å². The van der Waals surface area contributed by atoms with Crippen LogP contribution in [0.5, 0.6) is 0 Å². The molecule has 0 bridgehead atoms. The fourth-order valence-corrected chi connectivity index (χ4v) is 4.11. The molecule has 0 saturated heterocycles. The molecule has 37 heavy (non-hydrogen) atoms. The molecule has 0 spiro atoms. The minimum atomic E-state index is -0.868. The molecule has 3 unspecified atom stereocenters. The van der Waals surface area contributed by atoms with E-state index < -0.39 is 17.9 Å². The summed E-state index contributed by atoms with van der Waals surface area (Å²) in [6.07, 6.45) is 17.4. The summed E-state index contributed by atoms with van der Waals surface area (Å²) in [5.41, 5.74) is 0. The van der Waals surface area contributed by atoms with Gasteiger partial charge in [0.15, 0.2) is 0 Å². The Morgan fingerprint density at radius 1 is 0.405 bits per heavy atom. The van der Waals surface area contributed by atoms with Crippen molar-refractivity contribution < 1.29 is 47.1 Å². The van der Waals surface area contributed by atoms with Crippen molar-refractivity contribution in [2.75, 3.05) is 0 Å². The van der Waals surface area contributed by atoms with Crippen LogP contribution in [0.2, 0.25) is 0 Å². The zero-order valence-electron chi connectivity index (χ0n) is 24.8. The van der Waals surface area contributed by atoms with E-state index in [1.807, 2.05) is 20.8 Å². The van der Waals surface area contributed by atoms with Crippen LogP contribution < -0.4 is 15.3 Å². The fraction of sp³-hybridized carbons (Fsp3) is 0.900. The molecule has 0 aromatic carbocycles. The van der Waals surface area contributed by atoms with E-state index in [4.69, 9.17) is 0 Å². The van der Waals surface area contributed by atoms with Crippen molar-refractivity contribution in [1.29, 1.82) is 0 Å². The predicted molar refractivity (Wildman–Crippen MR) is 143 cm³/mol. The Morgan fingerprint density at radius 3 is 0.757 bits per heavy atom. The Hall–Kier alpha value is -1.06. The van der Waals surface area contributed by atoms with Gasteiger partial charge in [0.1, 0.15) is 0 Å². The zero-order chi connectivity index (χ0) is 28.2. The van der Waals surface area contributed by atoms with Crippen molar-refractivity contribution in [3.8, 4) is 0 Å². The molecule has 0 aliphatic rings. The first kappa shape index (κ1) is 43.0. The maximum absolute atomic E-state index is 10.6. The molecule has 7 heteroatoms.